The van der Waals surface area contributed by atoms with Crippen LogP contribution in [-0.4, -0.2) is 22.1 Å². The maximum absolute atomic E-state index is 10.5. The van der Waals surface area contributed by atoms with Crippen molar-refractivity contribution in [3.8, 4) is 0 Å². The van der Waals surface area contributed by atoms with Gasteiger partial charge in [0, 0.05) is 18.0 Å². The quantitative estimate of drug-likeness (QED) is 0.726. The summed E-state index contributed by atoms with van der Waals surface area (Å²) in [5.74, 6) is -0.974. The molecule has 5 heteroatoms. The van der Waals surface area contributed by atoms with E-state index in [2.05, 4.69) is 16.9 Å². The Morgan fingerprint density at radius 3 is 3.14 bits per heavy atom. The summed E-state index contributed by atoms with van der Waals surface area (Å²) in [6.07, 6.45) is 1.78. The van der Waals surface area contributed by atoms with E-state index in [0.717, 1.165) is 17.0 Å². The Bertz CT molecular complexity index is 335. The zero-order valence-electron chi connectivity index (χ0n) is 7.86. The number of thiazole rings is 1. The predicted octanol–water partition coefficient (Wildman–Crippen LogP) is 1.51. The number of nitrogens with one attached hydrogen (secondary N) is 1. The maximum Gasteiger partial charge on any atom is 0.365 e. The normalized spacial score (nSPS) is 12.4. The highest BCUT2D eigenvalue weighted by atomic mass is 32.1. The summed E-state index contributed by atoms with van der Waals surface area (Å²) < 4.78 is 0. The van der Waals surface area contributed by atoms with Crippen molar-refractivity contribution >= 4 is 17.3 Å². The third kappa shape index (κ3) is 2.93. The van der Waals surface area contributed by atoms with E-state index in [1.54, 1.807) is 11.5 Å². The van der Waals surface area contributed by atoms with Gasteiger partial charge in [-0.25, -0.2) is 9.78 Å². The number of aromatic nitrogens is 1. The van der Waals surface area contributed by atoms with Crippen LogP contribution in [0.3, 0.4) is 0 Å². The monoisotopic (exact) mass is 212 g/mol. The number of nitrogens with zero attached hydrogens (tertiary/aromatic N) is 1. The van der Waals surface area contributed by atoms with Crippen molar-refractivity contribution in [2.45, 2.75) is 19.5 Å². The zero-order chi connectivity index (χ0) is 10.6. The van der Waals surface area contributed by atoms with Gasteiger partial charge in [0.15, 0.2) is 0 Å². The lowest BCUT2D eigenvalue weighted by atomic mass is 10.3. The zero-order valence-corrected chi connectivity index (χ0v) is 8.67. The second-order valence-electron chi connectivity index (χ2n) is 2.85. The Hall–Kier alpha value is -1.20. The number of carboxylic acids is 1. The van der Waals surface area contributed by atoms with E-state index in [0.29, 0.717) is 6.54 Å². The maximum atomic E-state index is 10.5. The van der Waals surface area contributed by atoms with E-state index < -0.39 is 5.97 Å². The van der Waals surface area contributed by atoms with Crippen molar-refractivity contribution in [1.29, 1.82) is 0 Å². The second-order valence-corrected chi connectivity index (χ2v) is 3.71. The molecule has 1 atom stereocenters. The molecule has 0 bridgehead atoms. The van der Waals surface area contributed by atoms with Gasteiger partial charge in [0.2, 0.25) is 5.01 Å². The van der Waals surface area contributed by atoms with E-state index in [9.17, 15) is 4.79 Å². The van der Waals surface area contributed by atoms with Crippen molar-refractivity contribution in [3.63, 3.8) is 0 Å². The molecule has 0 aromatic carbocycles. The molecule has 1 aromatic heterocycles. The van der Waals surface area contributed by atoms with Crippen LogP contribution in [0.15, 0.2) is 18.0 Å². The van der Waals surface area contributed by atoms with Gasteiger partial charge < -0.3 is 10.4 Å². The largest absolute Gasteiger partial charge is 0.476 e. The molecule has 0 spiro atoms. The minimum Gasteiger partial charge on any atom is -0.476 e. The molecule has 0 fully saturated rings. The number of aromatic carboxylic acids is 1. The first-order valence-corrected chi connectivity index (χ1v) is 5.05. The highest BCUT2D eigenvalue weighted by molar-refractivity contribution is 7.11. The summed E-state index contributed by atoms with van der Waals surface area (Å²) >= 11 is 1.14. The molecule has 0 radical (unpaired) electrons. The van der Waals surface area contributed by atoms with Crippen LogP contribution < -0.4 is 5.32 Å². The Morgan fingerprint density at radius 1 is 1.93 bits per heavy atom. The standard InChI is InChI=1S/C9H12N2O2S/c1-3-6(2)10-4-7-5-14-8(11-7)9(12)13/h3,5-6,10H,1,4H2,2H3,(H,12,13). The van der Waals surface area contributed by atoms with Gasteiger partial charge in [-0.05, 0) is 6.92 Å². The van der Waals surface area contributed by atoms with Gasteiger partial charge in [0.25, 0.3) is 0 Å². The number of rotatable bonds is 5. The fraction of sp³-hybridized carbons (Fsp3) is 0.333. The number of hydrogen-bond donors (Lipinski definition) is 2. The van der Waals surface area contributed by atoms with E-state index in [-0.39, 0.29) is 11.0 Å². The van der Waals surface area contributed by atoms with Gasteiger partial charge in [-0.1, -0.05) is 6.08 Å². The lowest BCUT2D eigenvalue weighted by molar-refractivity contribution is 0.0696. The summed E-state index contributed by atoms with van der Waals surface area (Å²) in [4.78, 5) is 14.5. The molecule has 0 saturated heterocycles. The fourth-order valence-electron chi connectivity index (χ4n) is 0.835. The minimum atomic E-state index is -0.974. The van der Waals surface area contributed by atoms with E-state index in [1.807, 2.05) is 6.92 Å². The fourth-order valence-corrected chi connectivity index (χ4v) is 1.49. The average Bonchev–Trinajstić information content (AvgIpc) is 2.62. The Morgan fingerprint density at radius 2 is 2.64 bits per heavy atom. The second kappa shape index (κ2) is 4.88. The minimum absolute atomic E-state index is 0.132. The lowest BCUT2D eigenvalue weighted by Crippen LogP contribution is -2.23. The van der Waals surface area contributed by atoms with Crippen LogP contribution in [0.1, 0.15) is 22.4 Å². The summed E-state index contributed by atoms with van der Waals surface area (Å²) in [5, 5.41) is 13.6. The highest BCUT2D eigenvalue weighted by Crippen LogP contribution is 2.09. The van der Waals surface area contributed by atoms with Crippen molar-refractivity contribution in [2.24, 2.45) is 0 Å². The average molecular weight is 212 g/mol. The Labute approximate surface area is 86.3 Å². The predicted molar refractivity (Wildman–Crippen MR) is 55.6 cm³/mol. The lowest BCUT2D eigenvalue weighted by Gasteiger charge is -2.05. The van der Waals surface area contributed by atoms with Crippen LogP contribution >= 0.6 is 11.3 Å². The van der Waals surface area contributed by atoms with Crippen LogP contribution in [0, 0.1) is 0 Å². The summed E-state index contributed by atoms with van der Waals surface area (Å²) in [7, 11) is 0. The number of carbonyl (C=O) groups is 1. The molecule has 0 aliphatic rings. The molecular weight excluding hydrogens is 200 g/mol. The Balaban J connectivity index is 2.51. The first-order chi connectivity index (χ1) is 6.63. The molecule has 4 nitrogen and oxygen atoms in total. The van der Waals surface area contributed by atoms with Gasteiger partial charge in [-0.15, -0.1) is 17.9 Å². The summed E-state index contributed by atoms with van der Waals surface area (Å²) in [6.45, 7) is 6.17. The molecule has 1 heterocycles. The molecule has 1 aromatic rings. The van der Waals surface area contributed by atoms with Gasteiger partial charge in [-0.3, -0.25) is 0 Å². The summed E-state index contributed by atoms with van der Waals surface area (Å²) in [5.41, 5.74) is 0.751. The summed E-state index contributed by atoms with van der Waals surface area (Å²) in [6, 6.07) is 0.199. The molecule has 1 unspecified atom stereocenters. The van der Waals surface area contributed by atoms with E-state index in [1.165, 1.54) is 0 Å². The highest BCUT2D eigenvalue weighted by Gasteiger charge is 2.08. The molecule has 0 aliphatic heterocycles. The van der Waals surface area contributed by atoms with Crippen LogP contribution in [0.4, 0.5) is 0 Å². The van der Waals surface area contributed by atoms with E-state index in [4.69, 9.17) is 5.11 Å². The third-order valence-corrected chi connectivity index (χ3v) is 2.57. The number of carboxylic acid groups (broad SMARTS) is 1. The van der Waals surface area contributed by atoms with Crippen LogP contribution in [0.25, 0.3) is 0 Å². The van der Waals surface area contributed by atoms with Crippen molar-refractivity contribution in [3.05, 3.63) is 28.7 Å². The third-order valence-electron chi connectivity index (χ3n) is 1.69. The smallest absolute Gasteiger partial charge is 0.365 e. The molecule has 2 N–H and O–H groups in total. The topological polar surface area (TPSA) is 62.2 Å². The Kier molecular flexibility index (Phi) is 3.79. The molecule has 0 amide bonds. The van der Waals surface area contributed by atoms with E-state index >= 15 is 0 Å². The first kappa shape index (κ1) is 10.9. The van der Waals surface area contributed by atoms with Gasteiger partial charge in [0.05, 0.1) is 5.69 Å². The van der Waals surface area contributed by atoms with Crippen molar-refractivity contribution in [1.82, 2.24) is 10.3 Å². The van der Waals surface area contributed by atoms with Crippen LogP contribution in [0.2, 0.25) is 0 Å². The molecule has 14 heavy (non-hydrogen) atoms. The van der Waals surface area contributed by atoms with Crippen molar-refractivity contribution in [2.75, 3.05) is 0 Å². The van der Waals surface area contributed by atoms with Gasteiger partial charge in [0.1, 0.15) is 0 Å². The number of hydrogen-bond acceptors (Lipinski definition) is 4. The first-order valence-electron chi connectivity index (χ1n) is 4.17. The SMILES string of the molecule is C=CC(C)NCc1csc(C(=O)O)n1. The van der Waals surface area contributed by atoms with Gasteiger partial charge in [-0.2, -0.15) is 0 Å². The molecular formula is C9H12N2O2S. The van der Waals surface area contributed by atoms with Crippen LogP contribution in [0.5, 0.6) is 0 Å². The van der Waals surface area contributed by atoms with Crippen molar-refractivity contribution < 1.29 is 9.90 Å². The van der Waals surface area contributed by atoms with Crippen LogP contribution in [-0.2, 0) is 6.54 Å². The molecule has 1 rings (SSSR count). The van der Waals surface area contributed by atoms with Gasteiger partial charge >= 0.3 is 5.97 Å². The molecule has 76 valence electrons. The molecule has 0 aliphatic carbocycles. The molecule has 0 saturated carbocycles.